The lowest BCUT2D eigenvalue weighted by Crippen LogP contribution is -2.02. The minimum absolute atomic E-state index is 0.396. The predicted molar refractivity (Wildman–Crippen MR) is 81.5 cm³/mol. The molecule has 1 heterocycles. The van der Waals surface area contributed by atoms with E-state index >= 15 is 0 Å². The predicted octanol–water partition coefficient (Wildman–Crippen LogP) is 3.41. The third-order valence-electron chi connectivity index (χ3n) is 3.18. The number of nitrogens with two attached hydrogens (primary N) is 1. The summed E-state index contributed by atoms with van der Waals surface area (Å²) in [6.07, 6.45) is 0. The molecule has 0 aliphatic heterocycles. The van der Waals surface area contributed by atoms with Gasteiger partial charge >= 0.3 is 5.97 Å². The van der Waals surface area contributed by atoms with Crippen LogP contribution < -0.4 is 10.5 Å². The fourth-order valence-electron chi connectivity index (χ4n) is 2.20. The topological polar surface area (TPSA) is 61.5 Å². The number of carbonyl (C=O) groups excluding carboxylic acids is 1. The number of methoxy groups -OCH3 is 2. The smallest absolute Gasteiger partial charge is 0.350 e. The van der Waals surface area contributed by atoms with Crippen LogP contribution in [0.25, 0.3) is 11.1 Å². The van der Waals surface area contributed by atoms with Crippen LogP contribution in [0.1, 0.15) is 20.1 Å². The molecule has 2 aromatic rings. The van der Waals surface area contributed by atoms with Gasteiger partial charge in [-0.15, -0.1) is 11.3 Å². The zero-order chi connectivity index (χ0) is 14.9. The minimum Gasteiger partial charge on any atom is -0.496 e. The van der Waals surface area contributed by atoms with E-state index in [4.69, 9.17) is 15.2 Å². The molecule has 106 valence electrons. The summed E-state index contributed by atoms with van der Waals surface area (Å²) in [4.78, 5) is 13.1. The molecule has 1 aromatic carbocycles. The van der Waals surface area contributed by atoms with Crippen molar-refractivity contribution < 1.29 is 14.3 Å². The van der Waals surface area contributed by atoms with E-state index in [-0.39, 0.29) is 0 Å². The minimum atomic E-state index is -0.396. The van der Waals surface area contributed by atoms with Gasteiger partial charge in [-0.25, -0.2) is 4.79 Å². The highest BCUT2D eigenvalue weighted by Crippen LogP contribution is 2.40. The summed E-state index contributed by atoms with van der Waals surface area (Å²) >= 11 is 1.35. The van der Waals surface area contributed by atoms with Crippen molar-refractivity contribution in [1.82, 2.24) is 0 Å². The third-order valence-corrected chi connectivity index (χ3v) is 4.28. The van der Waals surface area contributed by atoms with Crippen molar-refractivity contribution >= 4 is 23.0 Å². The molecule has 0 radical (unpaired) electrons. The van der Waals surface area contributed by atoms with Gasteiger partial charge in [0.15, 0.2) is 0 Å². The van der Waals surface area contributed by atoms with Crippen LogP contribution in [0.15, 0.2) is 18.2 Å². The summed E-state index contributed by atoms with van der Waals surface area (Å²) < 4.78 is 10.0. The van der Waals surface area contributed by atoms with E-state index in [0.717, 1.165) is 27.3 Å². The van der Waals surface area contributed by atoms with Crippen LogP contribution in [0.4, 0.5) is 5.69 Å². The van der Waals surface area contributed by atoms with Crippen molar-refractivity contribution in [2.45, 2.75) is 13.8 Å². The first-order valence-corrected chi connectivity index (χ1v) is 6.93. The second kappa shape index (κ2) is 5.54. The Kier molecular flexibility index (Phi) is 3.99. The molecule has 5 heteroatoms. The van der Waals surface area contributed by atoms with Crippen molar-refractivity contribution in [3.63, 3.8) is 0 Å². The van der Waals surface area contributed by atoms with Crippen LogP contribution in [0.5, 0.6) is 5.75 Å². The average molecular weight is 291 g/mol. The van der Waals surface area contributed by atoms with E-state index in [1.807, 2.05) is 32.0 Å². The molecule has 2 rings (SSSR count). The monoisotopic (exact) mass is 291 g/mol. The van der Waals surface area contributed by atoms with Gasteiger partial charge < -0.3 is 15.2 Å². The molecule has 0 saturated carbocycles. The highest BCUT2D eigenvalue weighted by atomic mass is 32.1. The van der Waals surface area contributed by atoms with Gasteiger partial charge in [0.2, 0.25) is 0 Å². The Balaban J connectivity index is 2.56. The van der Waals surface area contributed by atoms with Gasteiger partial charge in [-0.3, -0.25) is 0 Å². The van der Waals surface area contributed by atoms with E-state index < -0.39 is 5.97 Å². The summed E-state index contributed by atoms with van der Waals surface area (Å²) in [7, 11) is 3.00. The zero-order valence-electron chi connectivity index (χ0n) is 11.9. The van der Waals surface area contributed by atoms with Crippen LogP contribution in [-0.4, -0.2) is 20.2 Å². The molecular weight excluding hydrogens is 274 g/mol. The molecule has 0 aliphatic rings. The molecule has 0 fully saturated rings. The van der Waals surface area contributed by atoms with E-state index in [0.29, 0.717) is 10.6 Å². The molecule has 0 unspecified atom stereocenters. The molecule has 0 amide bonds. The van der Waals surface area contributed by atoms with Crippen molar-refractivity contribution in [1.29, 1.82) is 0 Å². The Hall–Kier alpha value is -2.01. The number of nitrogen functional groups attached to an aromatic ring is 1. The maximum absolute atomic E-state index is 11.7. The molecule has 0 atom stereocenters. The molecule has 0 aliphatic carbocycles. The number of hydrogen-bond donors (Lipinski definition) is 1. The number of esters is 1. The first-order valence-electron chi connectivity index (χ1n) is 6.11. The Morgan fingerprint density at radius 1 is 1.25 bits per heavy atom. The maximum Gasteiger partial charge on any atom is 0.350 e. The lowest BCUT2D eigenvalue weighted by atomic mass is 10.0. The van der Waals surface area contributed by atoms with Crippen LogP contribution in [0.3, 0.4) is 0 Å². The fourth-order valence-corrected chi connectivity index (χ4v) is 3.21. The number of ether oxygens (including phenoxy) is 2. The van der Waals surface area contributed by atoms with Crippen molar-refractivity contribution in [2.75, 3.05) is 20.0 Å². The molecular formula is C15H17NO3S. The van der Waals surface area contributed by atoms with Crippen LogP contribution in [0.2, 0.25) is 0 Å². The van der Waals surface area contributed by atoms with E-state index in [1.165, 1.54) is 18.4 Å². The van der Waals surface area contributed by atoms with Gasteiger partial charge in [-0.05, 0) is 37.1 Å². The number of aryl methyl sites for hydroxylation is 2. The lowest BCUT2D eigenvalue weighted by Gasteiger charge is -2.08. The average Bonchev–Trinajstić information content (AvgIpc) is 2.73. The SMILES string of the molecule is COC(=O)c1sc(C)c(-c2ccc(OC)c(C)c2)c1N. The van der Waals surface area contributed by atoms with E-state index in [9.17, 15) is 4.79 Å². The molecule has 4 nitrogen and oxygen atoms in total. The summed E-state index contributed by atoms with van der Waals surface area (Å²) in [5, 5.41) is 0. The second-order valence-corrected chi connectivity index (χ2v) is 5.68. The number of hydrogen-bond acceptors (Lipinski definition) is 5. The first-order chi connectivity index (χ1) is 9.49. The number of carbonyl (C=O) groups is 1. The highest BCUT2D eigenvalue weighted by Gasteiger charge is 2.20. The van der Waals surface area contributed by atoms with Crippen LogP contribution in [-0.2, 0) is 4.74 Å². The summed E-state index contributed by atoms with van der Waals surface area (Å²) in [5.41, 5.74) is 9.48. The summed E-state index contributed by atoms with van der Waals surface area (Å²) in [6, 6.07) is 5.85. The fraction of sp³-hybridized carbons (Fsp3) is 0.267. The van der Waals surface area contributed by atoms with Gasteiger partial charge in [0.25, 0.3) is 0 Å². The number of anilines is 1. The largest absolute Gasteiger partial charge is 0.496 e. The normalized spacial score (nSPS) is 10.4. The number of benzene rings is 1. The molecule has 0 bridgehead atoms. The zero-order valence-corrected chi connectivity index (χ0v) is 12.8. The van der Waals surface area contributed by atoms with E-state index in [2.05, 4.69) is 0 Å². The van der Waals surface area contributed by atoms with Gasteiger partial charge in [-0.2, -0.15) is 0 Å². The lowest BCUT2D eigenvalue weighted by molar-refractivity contribution is 0.0607. The Labute approximate surface area is 122 Å². The Morgan fingerprint density at radius 2 is 1.95 bits per heavy atom. The summed E-state index contributed by atoms with van der Waals surface area (Å²) in [5.74, 6) is 0.431. The Bertz CT molecular complexity index is 661. The number of rotatable bonds is 3. The molecule has 2 N–H and O–H groups in total. The van der Waals surface area contributed by atoms with Crippen molar-refractivity contribution in [3.8, 4) is 16.9 Å². The first kappa shape index (κ1) is 14.4. The van der Waals surface area contributed by atoms with Crippen molar-refractivity contribution in [3.05, 3.63) is 33.5 Å². The standard InChI is InChI=1S/C15H17NO3S/c1-8-7-10(5-6-11(8)18-3)12-9(2)20-14(13(12)16)15(17)19-4/h5-7H,16H2,1-4H3. The van der Waals surface area contributed by atoms with Gasteiger partial charge in [0.05, 0.1) is 19.9 Å². The van der Waals surface area contributed by atoms with Crippen LogP contribution in [0, 0.1) is 13.8 Å². The van der Waals surface area contributed by atoms with Crippen LogP contribution >= 0.6 is 11.3 Å². The summed E-state index contributed by atoms with van der Waals surface area (Å²) in [6.45, 7) is 3.92. The Morgan fingerprint density at radius 3 is 2.50 bits per heavy atom. The third kappa shape index (κ3) is 2.36. The van der Waals surface area contributed by atoms with Crippen molar-refractivity contribution in [2.24, 2.45) is 0 Å². The highest BCUT2D eigenvalue weighted by molar-refractivity contribution is 7.15. The second-order valence-electron chi connectivity index (χ2n) is 4.45. The molecule has 0 saturated heterocycles. The van der Waals surface area contributed by atoms with Gasteiger partial charge in [-0.1, -0.05) is 6.07 Å². The molecule has 1 aromatic heterocycles. The quantitative estimate of drug-likeness (QED) is 0.880. The number of thiophene rings is 1. The maximum atomic E-state index is 11.7. The van der Waals surface area contributed by atoms with E-state index in [1.54, 1.807) is 7.11 Å². The van der Waals surface area contributed by atoms with Gasteiger partial charge in [0.1, 0.15) is 10.6 Å². The van der Waals surface area contributed by atoms with Gasteiger partial charge in [0, 0.05) is 10.4 Å². The molecule has 20 heavy (non-hydrogen) atoms. The molecule has 0 spiro atoms.